The molecule has 41 heavy (non-hydrogen) atoms. The molecule has 0 fully saturated rings. The van der Waals surface area contributed by atoms with Crippen LogP contribution in [-0.2, 0) is 16.0 Å². The Bertz CT molecular complexity index is 1480. The molecule has 8 heteroatoms. The van der Waals surface area contributed by atoms with Gasteiger partial charge in [-0.05, 0) is 53.5 Å². The number of hydrogen-bond acceptors (Lipinski definition) is 6. The zero-order valence-electron chi connectivity index (χ0n) is 23.5. The maximum Gasteiger partial charge on any atom is 0.314 e. The average Bonchev–Trinajstić information content (AvgIpc) is 3.46. The standard InChI is InChI=1S/C33H37N3O4S/c1-36(24-40-33(38)22-25-8-3-2-4-9-25,19-17-34-29-10-7-11-31-28(29)16-21-41-31)18-5-6-20-39-27-14-12-26-13-15-32(37)35-30(26)23-27/h2-4,7-16,21,23,28,31,34H,5-6,17-20,22,24H2,1H3/p+1. The molecule has 7 nitrogen and oxygen atoms in total. The van der Waals surface area contributed by atoms with E-state index < -0.39 is 0 Å². The number of esters is 1. The van der Waals surface area contributed by atoms with Gasteiger partial charge >= 0.3 is 5.97 Å². The molecule has 2 heterocycles. The Hall–Kier alpha value is -3.75. The predicted octanol–water partition coefficient (Wildman–Crippen LogP) is 5.17. The molecular weight excluding hydrogens is 534 g/mol. The second-order valence-electron chi connectivity index (χ2n) is 10.9. The van der Waals surface area contributed by atoms with Gasteiger partial charge in [0.25, 0.3) is 0 Å². The van der Waals surface area contributed by atoms with Gasteiger partial charge in [-0.2, -0.15) is 0 Å². The van der Waals surface area contributed by atoms with E-state index in [0.29, 0.717) is 29.0 Å². The quantitative estimate of drug-likeness (QED) is 0.120. The van der Waals surface area contributed by atoms with E-state index in [0.717, 1.165) is 54.7 Å². The molecule has 3 unspecified atom stereocenters. The van der Waals surface area contributed by atoms with Crippen LogP contribution in [0.4, 0.5) is 0 Å². The van der Waals surface area contributed by atoms with Gasteiger partial charge in [0.05, 0.1) is 45.2 Å². The van der Waals surface area contributed by atoms with Crippen molar-refractivity contribution >= 4 is 28.6 Å². The van der Waals surface area contributed by atoms with Crippen molar-refractivity contribution in [3.63, 3.8) is 0 Å². The largest absolute Gasteiger partial charge is 0.494 e. The number of aromatic amines is 1. The Morgan fingerprint density at radius 2 is 1.90 bits per heavy atom. The number of carbonyl (C=O) groups is 1. The van der Waals surface area contributed by atoms with Gasteiger partial charge in [0.15, 0.2) is 0 Å². The first-order chi connectivity index (χ1) is 20.0. The van der Waals surface area contributed by atoms with Gasteiger partial charge in [-0.25, -0.2) is 0 Å². The number of quaternary nitrogens is 1. The number of fused-ring (bicyclic) bond motifs is 2. The van der Waals surface area contributed by atoms with E-state index in [2.05, 4.69) is 47.1 Å². The summed E-state index contributed by atoms with van der Waals surface area (Å²) in [5, 5.41) is 7.29. The lowest BCUT2D eigenvalue weighted by atomic mass is 9.96. The molecule has 0 saturated heterocycles. The van der Waals surface area contributed by atoms with Gasteiger partial charge in [-0.15, -0.1) is 11.8 Å². The third-order valence-corrected chi connectivity index (χ3v) is 8.66. The van der Waals surface area contributed by atoms with Crippen molar-refractivity contribution in [3.05, 3.63) is 112 Å². The molecular formula is C33H38N3O4S+. The number of thioether (sulfide) groups is 1. The Balaban J connectivity index is 1.13. The topological polar surface area (TPSA) is 80.4 Å². The molecule has 1 aliphatic heterocycles. The van der Waals surface area contributed by atoms with Crippen molar-refractivity contribution in [2.24, 2.45) is 5.92 Å². The molecule has 3 atom stereocenters. The summed E-state index contributed by atoms with van der Waals surface area (Å²) in [7, 11) is 2.15. The summed E-state index contributed by atoms with van der Waals surface area (Å²) < 4.78 is 12.4. The first kappa shape index (κ1) is 28.8. The number of allylic oxidation sites excluding steroid dienone is 3. The smallest absolute Gasteiger partial charge is 0.314 e. The number of pyridine rings is 1. The number of unbranched alkanes of at least 4 members (excludes halogenated alkanes) is 1. The number of H-pyrrole nitrogens is 1. The van der Waals surface area contributed by atoms with Crippen molar-refractivity contribution in [1.82, 2.24) is 10.3 Å². The zero-order valence-corrected chi connectivity index (χ0v) is 24.3. The number of carbonyl (C=O) groups excluding carboxylic acids is 1. The van der Waals surface area contributed by atoms with E-state index >= 15 is 0 Å². The highest BCUT2D eigenvalue weighted by Crippen LogP contribution is 2.36. The third-order valence-electron chi connectivity index (χ3n) is 7.58. The van der Waals surface area contributed by atoms with Crippen LogP contribution in [0, 0.1) is 5.92 Å². The monoisotopic (exact) mass is 572 g/mol. The normalized spacial score (nSPS) is 18.9. The highest BCUT2D eigenvalue weighted by atomic mass is 32.2. The number of hydrogen-bond donors (Lipinski definition) is 2. The molecule has 5 rings (SSSR count). The molecule has 0 bridgehead atoms. The molecule has 0 spiro atoms. The van der Waals surface area contributed by atoms with Crippen molar-refractivity contribution in [1.29, 1.82) is 0 Å². The van der Waals surface area contributed by atoms with Crippen molar-refractivity contribution in [3.8, 4) is 5.75 Å². The number of nitrogens with one attached hydrogen (secondary N) is 2. The molecule has 2 aliphatic rings. The Morgan fingerprint density at radius 3 is 2.78 bits per heavy atom. The molecule has 2 N–H and O–H groups in total. The Morgan fingerprint density at radius 1 is 1.05 bits per heavy atom. The van der Waals surface area contributed by atoms with Crippen LogP contribution in [0.3, 0.4) is 0 Å². The number of aromatic nitrogens is 1. The summed E-state index contributed by atoms with van der Waals surface area (Å²) in [6, 6.07) is 18.8. The number of ether oxygens (including phenoxy) is 2. The maximum atomic E-state index is 12.6. The minimum atomic E-state index is -0.206. The Kier molecular flexibility index (Phi) is 9.64. The summed E-state index contributed by atoms with van der Waals surface area (Å²) in [5.74, 6) is 0.933. The number of rotatable bonds is 14. The molecule has 0 radical (unpaired) electrons. The lowest BCUT2D eigenvalue weighted by Gasteiger charge is -2.34. The lowest BCUT2D eigenvalue weighted by Crippen LogP contribution is -2.50. The van der Waals surface area contributed by atoms with Crippen LogP contribution in [0.1, 0.15) is 18.4 Å². The van der Waals surface area contributed by atoms with Gasteiger partial charge in [0.2, 0.25) is 12.3 Å². The molecule has 0 amide bonds. The summed E-state index contributed by atoms with van der Waals surface area (Å²) >= 11 is 1.86. The summed E-state index contributed by atoms with van der Waals surface area (Å²) in [6.45, 7) is 3.37. The van der Waals surface area contributed by atoms with Crippen LogP contribution in [-0.4, -0.2) is 60.7 Å². The van der Waals surface area contributed by atoms with Gasteiger partial charge < -0.3 is 19.8 Å². The first-order valence-electron chi connectivity index (χ1n) is 14.2. The van der Waals surface area contributed by atoms with E-state index in [4.69, 9.17) is 9.47 Å². The van der Waals surface area contributed by atoms with Crippen LogP contribution in [0.5, 0.6) is 5.75 Å². The minimum Gasteiger partial charge on any atom is -0.494 e. The van der Waals surface area contributed by atoms with Crippen LogP contribution in [0.15, 0.2) is 101 Å². The van der Waals surface area contributed by atoms with Gasteiger partial charge in [0.1, 0.15) is 5.75 Å². The van der Waals surface area contributed by atoms with Crippen LogP contribution >= 0.6 is 11.8 Å². The van der Waals surface area contributed by atoms with Gasteiger partial charge in [-0.1, -0.05) is 48.6 Å². The summed E-state index contributed by atoms with van der Waals surface area (Å²) in [4.78, 5) is 27.1. The SMILES string of the molecule is C[N+](CCCCOc1ccc2ccc(=O)[nH]c2c1)(CCNC1=CC=CC2SC=CC12)COC(=O)Cc1ccccc1. The molecule has 0 saturated carbocycles. The average molecular weight is 573 g/mol. The first-order valence-corrected chi connectivity index (χ1v) is 15.2. The van der Waals surface area contributed by atoms with Gasteiger partial charge in [-0.3, -0.25) is 14.1 Å². The summed E-state index contributed by atoms with van der Waals surface area (Å²) in [5.41, 5.74) is 2.85. The minimum absolute atomic E-state index is 0.125. The van der Waals surface area contributed by atoms with E-state index in [9.17, 15) is 9.59 Å². The highest BCUT2D eigenvalue weighted by molar-refractivity contribution is 8.03. The number of nitrogens with zero attached hydrogens (tertiary/aromatic N) is 1. The Labute approximate surface area is 245 Å². The number of likely N-dealkylation sites (N-methyl/N-ethyl adjacent to an activating group) is 1. The highest BCUT2D eigenvalue weighted by Gasteiger charge is 2.28. The van der Waals surface area contributed by atoms with Crippen molar-refractivity contribution in [2.75, 3.05) is 40.0 Å². The van der Waals surface area contributed by atoms with Crippen molar-refractivity contribution in [2.45, 2.75) is 24.5 Å². The van der Waals surface area contributed by atoms with E-state index in [1.165, 1.54) is 11.8 Å². The van der Waals surface area contributed by atoms with E-state index in [1.54, 1.807) is 0 Å². The zero-order chi connectivity index (χ0) is 28.5. The van der Waals surface area contributed by atoms with Gasteiger partial charge in [0, 0.05) is 29.0 Å². The predicted molar refractivity (Wildman–Crippen MR) is 166 cm³/mol. The third kappa shape index (κ3) is 8.15. The van der Waals surface area contributed by atoms with Crippen LogP contribution in [0.2, 0.25) is 0 Å². The fourth-order valence-electron chi connectivity index (χ4n) is 5.17. The second kappa shape index (κ2) is 13.7. The maximum absolute atomic E-state index is 12.6. The second-order valence-corrected chi connectivity index (χ2v) is 12.0. The van der Waals surface area contributed by atoms with E-state index in [-0.39, 0.29) is 17.9 Å². The fraction of sp³-hybridized carbons (Fsp3) is 0.333. The molecule has 214 valence electrons. The van der Waals surface area contributed by atoms with E-state index in [1.807, 2.05) is 66.4 Å². The van der Waals surface area contributed by atoms with Crippen LogP contribution in [0.25, 0.3) is 10.9 Å². The lowest BCUT2D eigenvalue weighted by molar-refractivity contribution is -0.924. The molecule has 1 aromatic heterocycles. The van der Waals surface area contributed by atoms with Crippen molar-refractivity contribution < 1.29 is 18.8 Å². The molecule has 2 aromatic carbocycles. The fourth-order valence-corrected chi connectivity index (χ4v) is 6.20. The molecule has 3 aromatic rings. The number of benzene rings is 2. The van der Waals surface area contributed by atoms with Crippen LogP contribution < -0.4 is 15.6 Å². The molecule has 1 aliphatic carbocycles. The summed E-state index contributed by atoms with van der Waals surface area (Å²) in [6.07, 6.45) is 10.9.